The van der Waals surface area contributed by atoms with E-state index in [-0.39, 0.29) is 28.8 Å². The number of carbonyl (C=O) groups excluding carboxylic acids is 2. The summed E-state index contributed by atoms with van der Waals surface area (Å²) in [5, 5.41) is 2.22. The van der Waals surface area contributed by atoms with Gasteiger partial charge in [-0.25, -0.2) is 8.78 Å². The summed E-state index contributed by atoms with van der Waals surface area (Å²) < 4.78 is 29.4. The molecule has 2 aliphatic rings. The molecule has 0 saturated carbocycles. The van der Waals surface area contributed by atoms with Crippen LogP contribution in [0, 0.1) is 25.5 Å². The number of aryl methyl sites for hydroxylation is 2. The Bertz CT molecular complexity index is 2320. The largest absolute Gasteiger partial charge is 0.301 e. The molecule has 6 aromatic rings. The average molecular weight is 638 g/mol. The summed E-state index contributed by atoms with van der Waals surface area (Å²) in [4.78, 5) is 29.6. The Morgan fingerprint density at radius 3 is 2.00 bits per heavy atom. The summed E-state index contributed by atoms with van der Waals surface area (Å²) >= 11 is 1.50. The van der Waals surface area contributed by atoms with Crippen molar-refractivity contribution in [3.8, 4) is 11.1 Å². The number of Topliss-reactive ketones (excluding diaryl/α,β-unsaturated/α-hetero) is 2. The standard InChI is InChI=1S/C41H29F2NO2S/c1-22-17-25(42)18-23(2)37(22)24-13-15-36-32(19-24)41(3,4)33-21-26(20-31-38(45)29-11-7-8-12-30(29)39(31)46)47-40(33)44(36)35-16-14-34(43)27-9-5-6-10-28(27)35/h5-21H,1-4H3. The van der Waals surface area contributed by atoms with Crippen LogP contribution in [-0.4, -0.2) is 11.6 Å². The first-order chi connectivity index (χ1) is 22.5. The van der Waals surface area contributed by atoms with Gasteiger partial charge in [0.25, 0.3) is 0 Å². The van der Waals surface area contributed by atoms with Crippen LogP contribution in [0.4, 0.5) is 25.2 Å². The lowest BCUT2D eigenvalue weighted by atomic mass is 9.74. The predicted molar refractivity (Wildman–Crippen MR) is 187 cm³/mol. The fourth-order valence-electron chi connectivity index (χ4n) is 7.32. The summed E-state index contributed by atoms with van der Waals surface area (Å²) in [5.74, 6) is -1.09. The molecule has 8 rings (SSSR count). The molecule has 0 N–H and O–H groups in total. The number of ketones is 2. The highest BCUT2D eigenvalue weighted by Crippen LogP contribution is 2.57. The molecule has 0 spiro atoms. The van der Waals surface area contributed by atoms with Crippen LogP contribution in [0.2, 0.25) is 0 Å². The zero-order chi connectivity index (χ0) is 32.8. The number of nitrogens with zero attached hydrogens (tertiary/aromatic N) is 1. The molecule has 0 atom stereocenters. The van der Waals surface area contributed by atoms with Crippen LogP contribution in [0.3, 0.4) is 0 Å². The number of carbonyl (C=O) groups is 2. The second-order valence-corrected chi connectivity index (χ2v) is 13.9. The van der Waals surface area contributed by atoms with E-state index in [2.05, 4.69) is 43.0 Å². The molecule has 1 aromatic heterocycles. The number of benzene rings is 5. The van der Waals surface area contributed by atoms with Crippen LogP contribution in [0.25, 0.3) is 28.0 Å². The summed E-state index contributed by atoms with van der Waals surface area (Å²) in [7, 11) is 0. The van der Waals surface area contributed by atoms with Gasteiger partial charge in [-0.1, -0.05) is 68.4 Å². The molecule has 0 saturated heterocycles. The molecule has 0 unspecified atom stereocenters. The molecule has 1 aliphatic heterocycles. The first-order valence-corrected chi connectivity index (χ1v) is 16.3. The molecule has 2 heterocycles. The number of hydrogen-bond donors (Lipinski definition) is 0. The number of fused-ring (bicyclic) bond motifs is 4. The van der Waals surface area contributed by atoms with Crippen LogP contribution < -0.4 is 4.90 Å². The van der Waals surface area contributed by atoms with Gasteiger partial charge in [-0.3, -0.25) is 9.59 Å². The van der Waals surface area contributed by atoms with E-state index in [1.165, 1.54) is 17.4 Å². The second kappa shape index (κ2) is 10.4. The first kappa shape index (κ1) is 29.2. The van der Waals surface area contributed by atoms with E-state index >= 15 is 4.39 Å². The number of thiophene rings is 1. The van der Waals surface area contributed by atoms with E-state index < -0.39 is 5.41 Å². The van der Waals surface area contributed by atoms with E-state index in [9.17, 15) is 14.0 Å². The zero-order valence-corrected chi connectivity index (χ0v) is 27.1. The Labute approximate surface area is 275 Å². The first-order valence-electron chi connectivity index (χ1n) is 15.5. The molecule has 230 valence electrons. The minimum absolute atomic E-state index is 0.156. The molecule has 0 bridgehead atoms. The Balaban J connectivity index is 1.37. The maximum Gasteiger partial charge on any atom is 0.197 e. The maximum atomic E-state index is 15.1. The van der Waals surface area contributed by atoms with Crippen molar-refractivity contribution in [3.05, 3.63) is 153 Å². The van der Waals surface area contributed by atoms with Crippen molar-refractivity contribution in [1.29, 1.82) is 0 Å². The molecule has 0 fully saturated rings. The van der Waals surface area contributed by atoms with E-state index in [0.717, 1.165) is 60.0 Å². The summed E-state index contributed by atoms with van der Waals surface area (Å²) in [6.07, 6.45) is 1.71. The molecule has 47 heavy (non-hydrogen) atoms. The van der Waals surface area contributed by atoms with Crippen molar-refractivity contribution >= 4 is 56.1 Å². The second-order valence-electron chi connectivity index (χ2n) is 12.8. The molecular weight excluding hydrogens is 609 g/mol. The number of halogens is 2. The monoisotopic (exact) mass is 637 g/mol. The molecule has 1 aliphatic carbocycles. The predicted octanol–water partition coefficient (Wildman–Crippen LogP) is 11.0. The smallest absolute Gasteiger partial charge is 0.197 e. The summed E-state index contributed by atoms with van der Waals surface area (Å²) in [6.45, 7) is 8.19. The molecule has 0 radical (unpaired) electrons. The Morgan fingerprint density at radius 2 is 1.32 bits per heavy atom. The van der Waals surface area contributed by atoms with Gasteiger partial charge >= 0.3 is 0 Å². The van der Waals surface area contributed by atoms with Crippen LogP contribution in [0.15, 0.2) is 103 Å². The van der Waals surface area contributed by atoms with E-state index in [0.29, 0.717) is 16.5 Å². The third-order valence-electron chi connectivity index (χ3n) is 9.59. The number of allylic oxidation sites excluding steroid dienone is 1. The number of hydrogen-bond acceptors (Lipinski definition) is 4. The van der Waals surface area contributed by atoms with Crippen LogP contribution in [-0.2, 0) is 5.41 Å². The van der Waals surface area contributed by atoms with Gasteiger partial charge in [0.2, 0.25) is 0 Å². The molecule has 3 nitrogen and oxygen atoms in total. The van der Waals surface area contributed by atoms with Crippen LogP contribution >= 0.6 is 11.3 Å². The maximum absolute atomic E-state index is 15.1. The van der Waals surface area contributed by atoms with Crippen molar-refractivity contribution in [2.24, 2.45) is 0 Å². The highest BCUT2D eigenvalue weighted by atomic mass is 32.1. The van der Waals surface area contributed by atoms with E-state index in [1.807, 2.05) is 38.1 Å². The minimum Gasteiger partial charge on any atom is -0.301 e. The normalized spacial score (nSPS) is 14.8. The van der Waals surface area contributed by atoms with Crippen molar-refractivity contribution in [2.45, 2.75) is 33.1 Å². The van der Waals surface area contributed by atoms with E-state index in [1.54, 1.807) is 48.5 Å². The molecule has 5 aromatic carbocycles. The third-order valence-corrected chi connectivity index (χ3v) is 10.7. The van der Waals surface area contributed by atoms with Crippen LogP contribution in [0.5, 0.6) is 0 Å². The van der Waals surface area contributed by atoms with E-state index in [4.69, 9.17) is 0 Å². The van der Waals surface area contributed by atoms with Gasteiger partial charge in [-0.2, -0.15) is 0 Å². The van der Waals surface area contributed by atoms with Gasteiger partial charge in [0.1, 0.15) is 16.6 Å². The lowest BCUT2D eigenvalue weighted by Crippen LogP contribution is -2.29. The minimum atomic E-state index is -0.491. The number of anilines is 3. The average Bonchev–Trinajstić information content (AvgIpc) is 3.58. The lowest BCUT2D eigenvalue weighted by Gasteiger charge is -2.40. The summed E-state index contributed by atoms with van der Waals surface area (Å²) in [5.41, 5.74) is 8.05. The van der Waals surface area contributed by atoms with Crippen molar-refractivity contribution < 1.29 is 18.4 Å². The van der Waals surface area contributed by atoms with Crippen molar-refractivity contribution in [3.63, 3.8) is 0 Å². The van der Waals surface area contributed by atoms with Gasteiger partial charge < -0.3 is 4.90 Å². The van der Waals surface area contributed by atoms with Gasteiger partial charge in [-0.15, -0.1) is 11.3 Å². The zero-order valence-electron chi connectivity index (χ0n) is 26.2. The Hall–Kier alpha value is -5.20. The Morgan fingerprint density at radius 1 is 0.702 bits per heavy atom. The summed E-state index contributed by atoms with van der Waals surface area (Å²) in [6, 6.07) is 29.2. The number of rotatable bonds is 3. The van der Waals surface area contributed by atoms with Crippen molar-refractivity contribution in [1.82, 2.24) is 0 Å². The van der Waals surface area contributed by atoms with Gasteiger partial charge in [0.15, 0.2) is 11.6 Å². The topological polar surface area (TPSA) is 37.4 Å². The molecular formula is C41H29F2NO2S. The quantitative estimate of drug-likeness (QED) is 0.143. The fraction of sp³-hybridized carbons (Fsp3) is 0.122. The molecule has 0 amide bonds. The Kier molecular flexibility index (Phi) is 6.47. The van der Waals surface area contributed by atoms with Gasteiger partial charge in [-0.05, 0) is 95.8 Å². The van der Waals surface area contributed by atoms with Gasteiger partial charge in [0, 0.05) is 32.2 Å². The highest BCUT2D eigenvalue weighted by molar-refractivity contribution is 7.17. The fourth-order valence-corrected chi connectivity index (χ4v) is 8.61. The highest BCUT2D eigenvalue weighted by Gasteiger charge is 2.40. The molecule has 6 heteroatoms. The SMILES string of the molecule is Cc1cc(F)cc(C)c1-c1ccc2c(c1)C(C)(C)c1cc(C=C3C(=O)c4ccccc4C3=O)sc1N2c1ccc(F)c2ccccc12. The van der Waals surface area contributed by atoms with Gasteiger partial charge in [0.05, 0.1) is 16.9 Å². The van der Waals surface area contributed by atoms with Crippen LogP contribution in [0.1, 0.15) is 61.7 Å². The third kappa shape index (κ3) is 4.35. The lowest BCUT2D eigenvalue weighted by molar-refractivity contribution is 0.0990. The van der Waals surface area contributed by atoms with Crippen molar-refractivity contribution in [2.75, 3.05) is 4.90 Å².